The first-order valence-electron chi connectivity index (χ1n) is 9.42. The van der Waals surface area contributed by atoms with Crippen LogP contribution in [0.3, 0.4) is 0 Å². The van der Waals surface area contributed by atoms with Crippen LogP contribution in [-0.2, 0) is 5.41 Å². The Kier molecular flexibility index (Phi) is 4.60. The summed E-state index contributed by atoms with van der Waals surface area (Å²) in [5, 5.41) is 5.41. The van der Waals surface area contributed by atoms with Gasteiger partial charge in [-0.15, -0.1) is 0 Å². The minimum atomic E-state index is -0.0505. The topological polar surface area (TPSA) is 36.7 Å². The number of hydrogen-bond acceptors (Lipinski definition) is 4. The lowest BCUT2D eigenvalue weighted by Crippen LogP contribution is -2.45. The van der Waals surface area contributed by atoms with Gasteiger partial charge in [0.1, 0.15) is 5.82 Å². The van der Waals surface area contributed by atoms with Crippen molar-refractivity contribution in [2.24, 2.45) is 0 Å². The zero-order valence-corrected chi connectivity index (χ0v) is 17.2. The van der Waals surface area contributed by atoms with E-state index in [0.717, 1.165) is 59.5 Å². The van der Waals surface area contributed by atoms with Gasteiger partial charge in [-0.05, 0) is 13.1 Å². The zero-order valence-electron chi connectivity index (χ0n) is 16.4. The molecule has 4 rings (SSSR count). The molecule has 5 nitrogen and oxygen atoms in total. The van der Waals surface area contributed by atoms with Crippen molar-refractivity contribution in [2.45, 2.75) is 26.2 Å². The predicted octanol–water partition coefficient (Wildman–Crippen LogP) is 4.10. The summed E-state index contributed by atoms with van der Waals surface area (Å²) in [6.45, 7) is 10.7. The second-order valence-electron chi connectivity index (χ2n) is 8.31. The number of halogens is 1. The highest BCUT2D eigenvalue weighted by Gasteiger charge is 2.24. The minimum absolute atomic E-state index is 0.0505. The molecule has 0 amide bonds. The first-order valence-corrected chi connectivity index (χ1v) is 9.80. The van der Waals surface area contributed by atoms with Crippen LogP contribution in [0.1, 0.15) is 26.5 Å². The van der Waals surface area contributed by atoms with E-state index in [1.807, 2.05) is 35.0 Å². The minimum Gasteiger partial charge on any atom is -0.354 e. The highest BCUT2D eigenvalue weighted by Crippen LogP contribution is 2.34. The molecular formula is C21H26ClN5. The summed E-state index contributed by atoms with van der Waals surface area (Å²) >= 11 is 6.47. The number of benzene rings is 1. The molecule has 0 aliphatic carbocycles. The Labute approximate surface area is 165 Å². The maximum Gasteiger partial charge on any atom is 0.165 e. The zero-order chi connectivity index (χ0) is 19.2. The van der Waals surface area contributed by atoms with Crippen LogP contribution < -0.4 is 4.90 Å². The van der Waals surface area contributed by atoms with Crippen molar-refractivity contribution in [3.63, 3.8) is 0 Å². The van der Waals surface area contributed by atoms with Crippen LogP contribution in [-0.4, -0.2) is 52.7 Å². The van der Waals surface area contributed by atoms with Gasteiger partial charge in [0, 0.05) is 53.8 Å². The summed E-state index contributed by atoms with van der Waals surface area (Å²) in [7, 11) is 2.17. The molecule has 1 aromatic carbocycles. The Morgan fingerprint density at radius 2 is 1.70 bits per heavy atom. The van der Waals surface area contributed by atoms with Crippen molar-refractivity contribution >= 4 is 23.1 Å². The fraction of sp³-hybridized carbons (Fsp3) is 0.429. The maximum atomic E-state index is 6.47. The first kappa shape index (κ1) is 18.3. The second kappa shape index (κ2) is 6.80. The van der Waals surface area contributed by atoms with E-state index < -0.39 is 0 Å². The van der Waals surface area contributed by atoms with Crippen LogP contribution in [0, 0.1) is 0 Å². The molecule has 1 aliphatic rings. The van der Waals surface area contributed by atoms with Crippen LogP contribution in [0.5, 0.6) is 0 Å². The van der Waals surface area contributed by atoms with Crippen molar-refractivity contribution in [3.8, 4) is 11.1 Å². The van der Waals surface area contributed by atoms with E-state index in [9.17, 15) is 0 Å². The molecule has 6 heteroatoms. The van der Waals surface area contributed by atoms with Gasteiger partial charge in [0.2, 0.25) is 0 Å². The molecule has 2 aromatic heterocycles. The van der Waals surface area contributed by atoms with E-state index in [0.29, 0.717) is 0 Å². The quantitative estimate of drug-likeness (QED) is 0.667. The average molecular weight is 384 g/mol. The van der Waals surface area contributed by atoms with Crippen molar-refractivity contribution in [3.05, 3.63) is 47.2 Å². The number of piperazine rings is 1. The van der Waals surface area contributed by atoms with Gasteiger partial charge in [0.15, 0.2) is 5.65 Å². The number of likely N-dealkylation sites (N-methyl/N-ethyl adjacent to an activating group) is 1. The Hall–Kier alpha value is -2.11. The van der Waals surface area contributed by atoms with E-state index >= 15 is 0 Å². The van der Waals surface area contributed by atoms with Gasteiger partial charge in [-0.3, -0.25) is 0 Å². The highest BCUT2D eigenvalue weighted by atomic mass is 35.5. The van der Waals surface area contributed by atoms with E-state index in [2.05, 4.69) is 43.7 Å². The second-order valence-corrected chi connectivity index (χ2v) is 8.72. The predicted molar refractivity (Wildman–Crippen MR) is 112 cm³/mol. The van der Waals surface area contributed by atoms with Crippen LogP contribution in [0.4, 0.5) is 5.82 Å². The lowest BCUT2D eigenvalue weighted by atomic mass is 9.91. The first-order chi connectivity index (χ1) is 12.8. The SMILES string of the molecule is CN1CCN(c2cc(C(C)(C)C)nc3c(-c4ccccc4Cl)cnn23)CC1. The highest BCUT2D eigenvalue weighted by molar-refractivity contribution is 6.33. The molecule has 0 saturated carbocycles. The molecule has 3 aromatic rings. The molecular weight excluding hydrogens is 358 g/mol. The Morgan fingerprint density at radius 3 is 2.37 bits per heavy atom. The summed E-state index contributed by atoms with van der Waals surface area (Å²) in [6.07, 6.45) is 1.88. The summed E-state index contributed by atoms with van der Waals surface area (Å²) in [5.41, 5.74) is 3.83. The van der Waals surface area contributed by atoms with Gasteiger partial charge in [-0.25, -0.2) is 4.98 Å². The third-order valence-electron chi connectivity index (χ3n) is 5.21. The van der Waals surface area contributed by atoms with Crippen LogP contribution in [0.15, 0.2) is 36.5 Å². The van der Waals surface area contributed by atoms with Gasteiger partial charge >= 0.3 is 0 Å². The van der Waals surface area contributed by atoms with Gasteiger partial charge in [0.25, 0.3) is 0 Å². The molecule has 3 heterocycles. The molecule has 0 spiro atoms. The largest absolute Gasteiger partial charge is 0.354 e. The van der Waals surface area contributed by atoms with E-state index in [4.69, 9.17) is 21.7 Å². The van der Waals surface area contributed by atoms with Crippen molar-refractivity contribution < 1.29 is 0 Å². The normalized spacial score (nSPS) is 16.3. The third kappa shape index (κ3) is 3.42. The van der Waals surface area contributed by atoms with Crippen LogP contribution in [0.25, 0.3) is 16.8 Å². The number of nitrogens with zero attached hydrogens (tertiary/aromatic N) is 5. The van der Waals surface area contributed by atoms with Gasteiger partial charge < -0.3 is 9.80 Å². The fourth-order valence-electron chi connectivity index (χ4n) is 3.46. The van der Waals surface area contributed by atoms with Gasteiger partial charge in [-0.2, -0.15) is 9.61 Å². The van der Waals surface area contributed by atoms with Crippen LogP contribution >= 0.6 is 11.6 Å². The third-order valence-corrected chi connectivity index (χ3v) is 5.54. The molecule has 1 aliphatic heterocycles. The van der Waals surface area contributed by atoms with Gasteiger partial charge in [-0.1, -0.05) is 50.6 Å². The Balaban J connectivity index is 1.92. The number of hydrogen-bond donors (Lipinski definition) is 0. The summed E-state index contributed by atoms with van der Waals surface area (Å²) < 4.78 is 1.97. The Morgan fingerprint density at radius 1 is 1.00 bits per heavy atom. The molecule has 0 atom stereocenters. The lowest BCUT2D eigenvalue weighted by Gasteiger charge is -2.34. The molecule has 0 radical (unpaired) electrons. The standard InChI is InChI=1S/C21H26ClN5/c1-21(2,3)18-13-19(26-11-9-25(4)10-12-26)27-20(24-18)16(14-23-27)15-7-5-6-8-17(15)22/h5-8,13-14H,9-12H2,1-4H3. The molecule has 142 valence electrons. The monoisotopic (exact) mass is 383 g/mol. The molecule has 1 fully saturated rings. The molecule has 27 heavy (non-hydrogen) atoms. The number of anilines is 1. The van der Waals surface area contributed by atoms with Gasteiger partial charge in [0.05, 0.1) is 11.9 Å². The smallest absolute Gasteiger partial charge is 0.165 e. The molecule has 0 N–H and O–H groups in total. The molecule has 1 saturated heterocycles. The van der Waals surface area contributed by atoms with E-state index in [1.165, 1.54) is 0 Å². The summed E-state index contributed by atoms with van der Waals surface area (Å²) in [5.74, 6) is 1.11. The number of fused-ring (bicyclic) bond motifs is 1. The van der Waals surface area contributed by atoms with E-state index in [1.54, 1.807) is 0 Å². The summed E-state index contributed by atoms with van der Waals surface area (Å²) in [4.78, 5) is 9.77. The number of aromatic nitrogens is 3. The summed E-state index contributed by atoms with van der Waals surface area (Å²) in [6, 6.07) is 10.1. The van der Waals surface area contributed by atoms with Crippen LogP contribution in [0.2, 0.25) is 5.02 Å². The number of rotatable bonds is 2. The maximum absolute atomic E-state index is 6.47. The van der Waals surface area contributed by atoms with Crippen molar-refractivity contribution in [2.75, 3.05) is 38.1 Å². The van der Waals surface area contributed by atoms with Crippen molar-refractivity contribution in [1.82, 2.24) is 19.5 Å². The van der Waals surface area contributed by atoms with Crippen molar-refractivity contribution in [1.29, 1.82) is 0 Å². The lowest BCUT2D eigenvalue weighted by molar-refractivity contribution is 0.311. The Bertz CT molecular complexity index is 964. The van der Waals surface area contributed by atoms with E-state index in [-0.39, 0.29) is 5.41 Å². The fourth-order valence-corrected chi connectivity index (χ4v) is 3.70. The molecule has 0 unspecified atom stereocenters. The average Bonchev–Trinajstić information content (AvgIpc) is 3.05. The molecule has 0 bridgehead atoms.